The van der Waals surface area contributed by atoms with Gasteiger partial charge in [0.25, 0.3) is 0 Å². The van der Waals surface area contributed by atoms with Gasteiger partial charge in [-0.3, -0.25) is 4.79 Å². The van der Waals surface area contributed by atoms with Crippen molar-refractivity contribution < 1.29 is 19.1 Å². The van der Waals surface area contributed by atoms with Gasteiger partial charge >= 0.3 is 12.1 Å². The molecule has 5 heteroatoms. The summed E-state index contributed by atoms with van der Waals surface area (Å²) in [5.41, 5.74) is 1.96. The number of carbonyl (C=O) groups is 2. The molecule has 3 aliphatic rings. The molecule has 0 bridgehead atoms. The largest absolute Gasteiger partial charge is 0.459 e. The zero-order valence-electron chi connectivity index (χ0n) is 22.4. The van der Waals surface area contributed by atoms with Gasteiger partial charge < -0.3 is 14.4 Å². The summed E-state index contributed by atoms with van der Waals surface area (Å²) >= 11 is 0. The third-order valence-electron chi connectivity index (χ3n) is 7.65. The van der Waals surface area contributed by atoms with Crippen LogP contribution in [0.3, 0.4) is 0 Å². The van der Waals surface area contributed by atoms with Gasteiger partial charge in [0.1, 0.15) is 11.2 Å². The van der Waals surface area contributed by atoms with Gasteiger partial charge in [-0.15, -0.1) is 0 Å². The number of ether oxygens (including phenoxy) is 2. The molecule has 0 aromatic heterocycles. The van der Waals surface area contributed by atoms with Crippen molar-refractivity contribution in [2.45, 2.75) is 85.4 Å². The molecule has 1 amide bonds. The first-order valence-corrected chi connectivity index (χ1v) is 12.9. The van der Waals surface area contributed by atoms with Crippen molar-refractivity contribution in [1.29, 1.82) is 0 Å². The van der Waals surface area contributed by atoms with Crippen LogP contribution in [0.2, 0.25) is 0 Å². The van der Waals surface area contributed by atoms with Crippen LogP contribution in [0, 0.1) is 16.7 Å². The second-order valence-electron chi connectivity index (χ2n) is 12.7. The third kappa shape index (κ3) is 5.34. The zero-order chi connectivity index (χ0) is 25.6. The van der Waals surface area contributed by atoms with E-state index in [1.54, 1.807) is 0 Å². The van der Waals surface area contributed by atoms with E-state index in [1.165, 1.54) is 16.7 Å². The molecule has 1 aliphatic heterocycles. The Bertz CT molecular complexity index is 1030. The van der Waals surface area contributed by atoms with Gasteiger partial charge in [0, 0.05) is 13.1 Å². The van der Waals surface area contributed by atoms with E-state index in [-0.39, 0.29) is 23.4 Å². The molecule has 1 heterocycles. The molecule has 5 nitrogen and oxygen atoms in total. The van der Waals surface area contributed by atoms with Crippen molar-refractivity contribution in [3.05, 3.63) is 53.6 Å². The lowest BCUT2D eigenvalue weighted by Gasteiger charge is -2.39. The van der Waals surface area contributed by atoms with Gasteiger partial charge in [-0.05, 0) is 96.6 Å². The molecule has 4 rings (SSSR count). The summed E-state index contributed by atoms with van der Waals surface area (Å²) in [6.45, 7) is 15.0. The minimum atomic E-state index is -0.663. The average molecular weight is 480 g/mol. The number of esters is 1. The Balaban J connectivity index is 1.55. The fourth-order valence-electron chi connectivity index (χ4n) is 5.91. The highest BCUT2D eigenvalue weighted by atomic mass is 16.6. The standard InChI is InChI=1S/C30H41NO4/c1-21-19-30(25(32)34-27(2,3)4,14-13-23(21)22-11-9-8-10-12-22)24-20-29(24)15-17-31(18-16-29)26(33)35-28(5,6)7/h8-14,24H,15-20H2,1-7H3. The van der Waals surface area contributed by atoms with Crippen LogP contribution in [0.25, 0.3) is 5.57 Å². The fraction of sp³-hybridized carbons (Fsp3) is 0.600. The molecule has 2 aliphatic carbocycles. The summed E-state index contributed by atoms with van der Waals surface area (Å²) in [7, 11) is 0. The minimum absolute atomic E-state index is 0.0737. The highest BCUT2D eigenvalue weighted by Gasteiger charge is 2.66. The molecule has 0 N–H and O–H groups in total. The molecule has 0 radical (unpaired) electrons. The lowest BCUT2D eigenvalue weighted by Crippen LogP contribution is -2.45. The number of nitrogens with zero attached hydrogens (tertiary/aromatic N) is 1. The van der Waals surface area contributed by atoms with E-state index in [4.69, 9.17) is 9.47 Å². The first-order valence-electron chi connectivity index (χ1n) is 12.9. The number of rotatable bonds is 3. The molecule has 2 fully saturated rings. The van der Waals surface area contributed by atoms with Crippen LogP contribution in [0.1, 0.15) is 79.7 Å². The summed E-state index contributed by atoms with van der Waals surface area (Å²) in [5.74, 6) is 0.0957. The van der Waals surface area contributed by atoms with Crippen LogP contribution >= 0.6 is 0 Å². The van der Waals surface area contributed by atoms with E-state index in [9.17, 15) is 9.59 Å². The first-order chi connectivity index (χ1) is 16.2. The number of hydrogen-bond donors (Lipinski definition) is 0. The molecule has 1 saturated carbocycles. The van der Waals surface area contributed by atoms with Gasteiger partial charge in [0.05, 0.1) is 5.41 Å². The van der Waals surface area contributed by atoms with E-state index in [1.807, 2.05) is 64.6 Å². The second-order valence-corrected chi connectivity index (χ2v) is 12.7. The van der Waals surface area contributed by atoms with Gasteiger partial charge in [-0.1, -0.05) is 48.1 Å². The molecule has 190 valence electrons. The molecule has 35 heavy (non-hydrogen) atoms. The Morgan fingerprint density at radius 2 is 1.54 bits per heavy atom. The quantitative estimate of drug-likeness (QED) is 0.448. The van der Waals surface area contributed by atoms with E-state index < -0.39 is 16.6 Å². The Hall–Kier alpha value is -2.56. The topological polar surface area (TPSA) is 55.8 Å². The van der Waals surface area contributed by atoms with Crippen molar-refractivity contribution in [2.75, 3.05) is 13.1 Å². The van der Waals surface area contributed by atoms with Crippen LogP contribution in [0.5, 0.6) is 0 Å². The zero-order valence-corrected chi connectivity index (χ0v) is 22.4. The van der Waals surface area contributed by atoms with E-state index in [0.29, 0.717) is 19.5 Å². The number of amides is 1. The summed E-state index contributed by atoms with van der Waals surface area (Å²) in [6.07, 6.45) is 7.48. The maximum Gasteiger partial charge on any atom is 0.410 e. The fourth-order valence-corrected chi connectivity index (χ4v) is 5.91. The highest BCUT2D eigenvalue weighted by Crippen LogP contribution is 2.69. The Labute approximate surface area is 210 Å². The number of piperidine rings is 1. The SMILES string of the molecule is CC1=C(c2ccccc2)C=CC(C(=O)OC(C)(C)C)(C2CC23CCN(C(=O)OC(C)(C)C)CC3)C1. The van der Waals surface area contributed by atoms with Crippen LogP contribution < -0.4 is 0 Å². The van der Waals surface area contributed by atoms with Crippen molar-refractivity contribution in [2.24, 2.45) is 16.7 Å². The first kappa shape index (κ1) is 25.5. The van der Waals surface area contributed by atoms with Crippen molar-refractivity contribution >= 4 is 17.6 Å². The Morgan fingerprint density at radius 1 is 0.943 bits per heavy atom. The normalized spacial score (nSPS) is 26.0. The lowest BCUT2D eigenvalue weighted by atomic mass is 9.69. The van der Waals surface area contributed by atoms with Crippen LogP contribution in [-0.4, -0.2) is 41.3 Å². The second kappa shape index (κ2) is 8.83. The Morgan fingerprint density at radius 3 is 2.09 bits per heavy atom. The lowest BCUT2D eigenvalue weighted by molar-refractivity contribution is -0.166. The molecule has 1 aromatic rings. The minimum Gasteiger partial charge on any atom is -0.459 e. The number of carbonyl (C=O) groups excluding carboxylic acids is 2. The summed E-state index contributed by atoms with van der Waals surface area (Å²) < 4.78 is 11.6. The van der Waals surface area contributed by atoms with Gasteiger partial charge in [-0.2, -0.15) is 0 Å². The summed E-state index contributed by atoms with van der Waals surface area (Å²) in [6, 6.07) is 10.4. The predicted octanol–water partition coefficient (Wildman–Crippen LogP) is 6.79. The predicted molar refractivity (Wildman–Crippen MR) is 139 cm³/mol. The maximum absolute atomic E-state index is 13.8. The molecule has 2 unspecified atom stereocenters. The molecule has 2 atom stereocenters. The van der Waals surface area contributed by atoms with Crippen LogP contribution in [0.4, 0.5) is 4.79 Å². The van der Waals surface area contributed by atoms with Crippen LogP contribution in [0.15, 0.2) is 48.1 Å². The third-order valence-corrected chi connectivity index (χ3v) is 7.65. The monoisotopic (exact) mass is 479 g/mol. The highest BCUT2D eigenvalue weighted by molar-refractivity contribution is 5.87. The smallest absolute Gasteiger partial charge is 0.410 e. The van der Waals surface area contributed by atoms with Gasteiger partial charge in [0.2, 0.25) is 0 Å². The van der Waals surface area contributed by atoms with Crippen LogP contribution in [-0.2, 0) is 14.3 Å². The molecule has 1 aromatic carbocycles. The van der Waals surface area contributed by atoms with Crippen molar-refractivity contribution in [3.8, 4) is 0 Å². The van der Waals surface area contributed by atoms with Crippen molar-refractivity contribution in [1.82, 2.24) is 4.90 Å². The van der Waals surface area contributed by atoms with E-state index in [0.717, 1.165) is 19.3 Å². The maximum atomic E-state index is 13.8. The summed E-state index contributed by atoms with van der Waals surface area (Å²) in [5, 5.41) is 0. The number of hydrogen-bond acceptors (Lipinski definition) is 4. The van der Waals surface area contributed by atoms with E-state index in [2.05, 4.69) is 31.2 Å². The van der Waals surface area contributed by atoms with Crippen molar-refractivity contribution in [3.63, 3.8) is 0 Å². The van der Waals surface area contributed by atoms with Gasteiger partial charge in [0.15, 0.2) is 0 Å². The molecular weight excluding hydrogens is 438 g/mol. The molecular formula is C30H41NO4. The van der Waals surface area contributed by atoms with Gasteiger partial charge in [-0.25, -0.2) is 4.79 Å². The molecule has 1 saturated heterocycles. The summed E-state index contributed by atoms with van der Waals surface area (Å²) in [4.78, 5) is 28.2. The molecule has 1 spiro atoms. The average Bonchev–Trinajstić information content (AvgIpc) is 3.45. The number of benzene rings is 1. The number of likely N-dealkylation sites (tertiary alicyclic amines) is 1. The Kier molecular flexibility index (Phi) is 6.44. The van der Waals surface area contributed by atoms with E-state index >= 15 is 0 Å². The number of allylic oxidation sites excluding steroid dienone is 3.